The largest absolute Gasteiger partial charge is 0.409 e. The standard InChI is InChI=1S/C12H18F3N3O2/c13-12(14,15)8-3-1-6-18(7-8)10(19)11(4-2-5-11)9(16)17-20/h8,20H,1-7H2,(H2,16,17). The van der Waals surface area contributed by atoms with E-state index in [1.807, 2.05) is 0 Å². The molecule has 2 aliphatic rings. The molecule has 3 N–H and O–H groups in total. The summed E-state index contributed by atoms with van der Waals surface area (Å²) in [6, 6.07) is 0. The number of nitrogens with two attached hydrogens (primary N) is 1. The van der Waals surface area contributed by atoms with Crippen LogP contribution in [0.1, 0.15) is 32.1 Å². The maximum Gasteiger partial charge on any atom is 0.393 e. The summed E-state index contributed by atoms with van der Waals surface area (Å²) in [6.45, 7) is -0.0331. The highest BCUT2D eigenvalue weighted by atomic mass is 19.4. The summed E-state index contributed by atoms with van der Waals surface area (Å²) in [5.41, 5.74) is 4.48. The zero-order valence-electron chi connectivity index (χ0n) is 11.0. The Kier molecular flexibility index (Phi) is 3.84. The van der Waals surface area contributed by atoms with Gasteiger partial charge in [0.25, 0.3) is 0 Å². The molecular formula is C12H18F3N3O2. The van der Waals surface area contributed by atoms with Gasteiger partial charge in [0, 0.05) is 13.1 Å². The molecule has 1 aliphatic carbocycles. The second-order valence-electron chi connectivity index (χ2n) is 5.55. The van der Waals surface area contributed by atoms with Gasteiger partial charge in [-0.05, 0) is 25.7 Å². The minimum Gasteiger partial charge on any atom is -0.409 e. The lowest BCUT2D eigenvalue weighted by molar-refractivity contribution is -0.189. The number of hydrogen-bond acceptors (Lipinski definition) is 3. The minimum atomic E-state index is -4.29. The number of nitrogens with zero attached hydrogens (tertiary/aromatic N) is 2. The number of carbonyl (C=O) groups excluding carboxylic acids is 1. The highest BCUT2D eigenvalue weighted by molar-refractivity contribution is 6.07. The SMILES string of the molecule is NC(=NO)C1(C(=O)N2CCCC(C(F)(F)F)C2)CCC1. The second-order valence-corrected chi connectivity index (χ2v) is 5.55. The molecule has 1 aliphatic heterocycles. The Morgan fingerprint density at radius 3 is 2.45 bits per heavy atom. The van der Waals surface area contributed by atoms with Crippen LogP contribution < -0.4 is 5.73 Å². The Balaban J connectivity index is 2.13. The molecule has 20 heavy (non-hydrogen) atoms. The summed E-state index contributed by atoms with van der Waals surface area (Å²) in [5, 5.41) is 11.7. The fourth-order valence-corrected chi connectivity index (χ4v) is 2.94. The lowest BCUT2D eigenvalue weighted by Crippen LogP contribution is -2.57. The van der Waals surface area contributed by atoms with Crippen molar-refractivity contribution in [3.63, 3.8) is 0 Å². The smallest absolute Gasteiger partial charge is 0.393 e. The van der Waals surface area contributed by atoms with E-state index in [2.05, 4.69) is 5.16 Å². The van der Waals surface area contributed by atoms with Gasteiger partial charge in [0.1, 0.15) is 5.41 Å². The number of rotatable bonds is 2. The van der Waals surface area contributed by atoms with Crippen molar-refractivity contribution in [1.29, 1.82) is 0 Å². The van der Waals surface area contributed by atoms with Crippen molar-refractivity contribution in [2.75, 3.05) is 13.1 Å². The molecule has 0 aromatic rings. The zero-order chi connectivity index (χ0) is 15.0. The number of amides is 1. The van der Waals surface area contributed by atoms with Gasteiger partial charge in [0.05, 0.1) is 5.92 Å². The maximum atomic E-state index is 12.8. The molecule has 1 saturated carbocycles. The first-order chi connectivity index (χ1) is 9.31. The number of likely N-dealkylation sites (tertiary alicyclic amines) is 1. The van der Waals surface area contributed by atoms with E-state index in [-0.39, 0.29) is 18.8 Å². The van der Waals surface area contributed by atoms with Crippen LogP contribution in [0.25, 0.3) is 0 Å². The predicted molar refractivity (Wildman–Crippen MR) is 65.1 cm³/mol. The van der Waals surface area contributed by atoms with E-state index < -0.39 is 23.4 Å². The number of hydrogen-bond donors (Lipinski definition) is 2. The lowest BCUT2D eigenvalue weighted by Gasteiger charge is -2.44. The van der Waals surface area contributed by atoms with Gasteiger partial charge in [-0.25, -0.2) is 0 Å². The van der Waals surface area contributed by atoms with Crippen LogP contribution in [-0.4, -0.2) is 41.1 Å². The molecular weight excluding hydrogens is 275 g/mol. The van der Waals surface area contributed by atoms with E-state index in [1.165, 1.54) is 4.90 Å². The molecule has 1 saturated heterocycles. The van der Waals surface area contributed by atoms with Crippen molar-refractivity contribution in [2.24, 2.45) is 22.2 Å². The topological polar surface area (TPSA) is 78.9 Å². The van der Waals surface area contributed by atoms with Crippen LogP contribution in [0.15, 0.2) is 5.16 Å². The number of carbonyl (C=O) groups is 1. The molecule has 2 fully saturated rings. The quantitative estimate of drug-likeness (QED) is 0.352. The van der Waals surface area contributed by atoms with Crippen LogP contribution in [-0.2, 0) is 4.79 Å². The number of halogens is 3. The first-order valence-corrected chi connectivity index (χ1v) is 6.65. The highest BCUT2D eigenvalue weighted by Gasteiger charge is 2.52. The molecule has 0 bridgehead atoms. The van der Waals surface area contributed by atoms with Gasteiger partial charge in [-0.2, -0.15) is 13.2 Å². The third-order valence-corrected chi connectivity index (χ3v) is 4.39. The second kappa shape index (κ2) is 5.14. The van der Waals surface area contributed by atoms with Crippen molar-refractivity contribution >= 4 is 11.7 Å². The Labute approximate surface area is 114 Å². The van der Waals surface area contributed by atoms with E-state index >= 15 is 0 Å². The monoisotopic (exact) mass is 293 g/mol. The third-order valence-electron chi connectivity index (χ3n) is 4.39. The molecule has 1 heterocycles. The summed E-state index contributed by atoms with van der Waals surface area (Å²) >= 11 is 0. The van der Waals surface area contributed by atoms with Crippen LogP contribution in [0.4, 0.5) is 13.2 Å². The third kappa shape index (κ3) is 2.43. The molecule has 0 aromatic heterocycles. The van der Waals surface area contributed by atoms with Crippen LogP contribution in [0.5, 0.6) is 0 Å². The lowest BCUT2D eigenvalue weighted by atomic mass is 9.66. The molecule has 1 atom stereocenters. The van der Waals surface area contributed by atoms with Crippen LogP contribution in [0.2, 0.25) is 0 Å². The molecule has 0 radical (unpaired) electrons. The summed E-state index contributed by atoms with van der Waals surface area (Å²) < 4.78 is 38.3. The zero-order valence-corrected chi connectivity index (χ0v) is 11.0. The van der Waals surface area contributed by atoms with Gasteiger partial charge in [-0.3, -0.25) is 4.79 Å². The Hall–Kier alpha value is -1.47. The fourth-order valence-electron chi connectivity index (χ4n) is 2.94. The maximum absolute atomic E-state index is 12.8. The van der Waals surface area contributed by atoms with E-state index in [0.717, 1.165) is 6.42 Å². The van der Waals surface area contributed by atoms with E-state index in [0.29, 0.717) is 25.8 Å². The molecule has 2 rings (SSSR count). The molecule has 0 aromatic carbocycles. The average Bonchev–Trinajstić information content (AvgIpc) is 2.36. The average molecular weight is 293 g/mol. The van der Waals surface area contributed by atoms with Gasteiger partial charge in [-0.15, -0.1) is 0 Å². The van der Waals surface area contributed by atoms with Gasteiger partial charge in [-0.1, -0.05) is 11.6 Å². The van der Waals surface area contributed by atoms with Gasteiger partial charge < -0.3 is 15.8 Å². The highest BCUT2D eigenvalue weighted by Crippen LogP contribution is 2.44. The van der Waals surface area contributed by atoms with E-state index in [4.69, 9.17) is 10.9 Å². The summed E-state index contributed by atoms with van der Waals surface area (Å²) in [4.78, 5) is 13.7. The first-order valence-electron chi connectivity index (χ1n) is 6.65. The van der Waals surface area contributed by atoms with Crippen LogP contribution >= 0.6 is 0 Å². The van der Waals surface area contributed by atoms with Gasteiger partial charge in [0.15, 0.2) is 5.84 Å². The fraction of sp³-hybridized carbons (Fsp3) is 0.833. The number of piperidine rings is 1. The molecule has 1 amide bonds. The summed E-state index contributed by atoms with van der Waals surface area (Å²) in [7, 11) is 0. The van der Waals surface area contributed by atoms with Crippen molar-refractivity contribution < 1.29 is 23.2 Å². The van der Waals surface area contributed by atoms with Crippen molar-refractivity contribution in [1.82, 2.24) is 4.90 Å². The van der Waals surface area contributed by atoms with Crippen molar-refractivity contribution in [2.45, 2.75) is 38.3 Å². The number of alkyl halides is 3. The van der Waals surface area contributed by atoms with Gasteiger partial charge in [0.2, 0.25) is 5.91 Å². The molecule has 0 spiro atoms. The Morgan fingerprint density at radius 1 is 1.35 bits per heavy atom. The number of amidine groups is 1. The molecule has 5 nitrogen and oxygen atoms in total. The normalized spacial score (nSPS) is 27.1. The van der Waals surface area contributed by atoms with Crippen molar-refractivity contribution in [3.8, 4) is 0 Å². The molecule has 114 valence electrons. The number of oxime groups is 1. The molecule has 8 heteroatoms. The van der Waals surface area contributed by atoms with E-state index in [9.17, 15) is 18.0 Å². The van der Waals surface area contributed by atoms with E-state index in [1.54, 1.807) is 0 Å². The summed E-state index contributed by atoms with van der Waals surface area (Å²) in [6.07, 6.45) is -2.32. The summed E-state index contributed by atoms with van der Waals surface area (Å²) in [5.74, 6) is -2.11. The Bertz CT molecular complexity index is 419. The van der Waals surface area contributed by atoms with Crippen molar-refractivity contribution in [3.05, 3.63) is 0 Å². The molecule has 1 unspecified atom stereocenters. The Morgan fingerprint density at radius 2 is 2.00 bits per heavy atom. The minimum absolute atomic E-state index is 0.0455. The van der Waals surface area contributed by atoms with Gasteiger partial charge >= 0.3 is 6.18 Å². The van der Waals surface area contributed by atoms with Crippen LogP contribution in [0.3, 0.4) is 0 Å². The first kappa shape index (κ1) is 14.9. The van der Waals surface area contributed by atoms with Crippen LogP contribution in [0, 0.1) is 11.3 Å². The predicted octanol–water partition coefficient (Wildman–Crippen LogP) is 1.70.